The van der Waals surface area contributed by atoms with Crippen LogP contribution in [0.1, 0.15) is 5.56 Å². The van der Waals surface area contributed by atoms with Gasteiger partial charge in [0.1, 0.15) is 0 Å². The van der Waals surface area contributed by atoms with Gasteiger partial charge in [0.2, 0.25) is 0 Å². The summed E-state index contributed by atoms with van der Waals surface area (Å²) in [6.07, 6.45) is 0. The molecule has 0 aliphatic carbocycles. The summed E-state index contributed by atoms with van der Waals surface area (Å²) in [6.45, 7) is 5.24. The molecule has 168 valence electrons. The maximum atomic E-state index is 10.5. The van der Waals surface area contributed by atoms with Gasteiger partial charge >= 0.3 is 0 Å². The van der Waals surface area contributed by atoms with Gasteiger partial charge in [-0.1, -0.05) is 45.8 Å². The van der Waals surface area contributed by atoms with Gasteiger partial charge in [-0.2, -0.15) is 8.42 Å². The van der Waals surface area contributed by atoms with Gasteiger partial charge in [0.25, 0.3) is 10.1 Å². The average molecular weight is 517 g/mol. The van der Waals surface area contributed by atoms with E-state index in [1.807, 2.05) is 19.1 Å². The third-order valence-electron chi connectivity index (χ3n) is 5.93. The number of likely N-dealkylation sites (tertiary alicyclic amines) is 1. The van der Waals surface area contributed by atoms with Gasteiger partial charge in [-0.25, -0.2) is 0 Å². The highest BCUT2D eigenvalue weighted by atomic mass is 79.9. The van der Waals surface area contributed by atoms with E-state index in [0.717, 1.165) is 46.1 Å². The van der Waals surface area contributed by atoms with E-state index in [4.69, 9.17) is 4.55 Å². The zero-order chi connectivity index (χ0) is 22.9. The molecular weight excluding hydrogens is 492 g/mol. The van der Waals surface area contributed by atoms with Crippen molar-refractivity contribution in [3.05, 3.63) is 70.7 Å². The third kappa shape index (κ3) is 5.17. The van der Waals surface area contributed by atoms with Crippen molar-refractivity contribution < 1.29 is 13.0 Å². The Morgan fingerprint density at radius 1 is 0.938 bits per heavy atom. The second-order valence-electron chi connectivity index (χ2n) is 8.24. The first-order valence-corrected chi connectivity index (χ1v) is 12.5. The van der Waals surface area contributed by atoms with Crippen LogP contribution in [0.3, 0.4) is 0 Å². The fraction of sp³-hybridized carbons (Fsp3) is 0.304. The molecule has 2 fully saturated rings. The molecule has 2 aliphatic heterocycles. The highest BCUT2D eigenvalue weighted by molar-refractivity contribution is 9.10. The molecule has 3 heterocycles. The van der Waals surface area contributed by atoms with E-state index in [0.29, 0.717) is 6.04 Å². The third-order valence-corrected chi connectivity index (χ3v) is 7.32. The number of hydrogen-bond donors (Lipinski definition) is 1. The lowest BCUT2D eigenvalue weighted by molar-refractivity contribution is 0.0827. The molecule has 9 heteroatoms. The highest BCUT2D eigenvalue weighted by Crippen LogP contribution is 2.33. The molecular formula is C23H25BrN4O3S. The number of aryl methyl sites for hydroxylation is 1. The van der Waals surface area contributed by atoms with E-state index >= 15 is 0 Å². The van der Waals surface area contributed by atoms with E-state index in [1.54, 1.807) is 12.1 Å². The summed E-state index contributed by atoms with van der Waals surface area (Å²) in [7, 11) is -1.82. The van der Waals surface area contributed by atoms with Gasteiger partial charge in [-0.3, -0.25) is 4.55 Å². The molecule has 1 aromatic heterocycles. The first-order valence-electron chi connectivity index (χ1n) is 10.3. The van der Waals surface area contributed by atoms with Crippen molar-refractivity contribution in [2.24, 2.45) is 5.92 Å². The van der Waals surface area contributed by atoms with Crippen LogP contribution in [0.25, 0.3) is 11.3 Å². The van der Waals surface area contributed by atoms with Crippen molar-refractivity contribution in [2.45, 2.75) is 17.9 Å². The van der Waals surface area contributed by atoms with E-state index < -0.39 is 10.1 Å². The van der Waals surface area contributed by atoms with Crippen LogP contribution in [0.4, 0.5) is 5.82 Å². The largest absolute Gasteiger partial charge is 0.353 e. The molecule has 7 nitrogen and oxygen atoms in total. The molecule has 0 saturated carbocycles. The number of anilines is 1. The Balaban J connectivity index is 0.000000189. The van der Waals surface area contributed by atoms with Gasteiger partial charge in [-0.05, 0) is 50.4 Å². The minimum Gasteiger partial charge on any atom is -0.353 e. The molecule has 0 spiro atoms. The van der Waals surface area contributed by atoms with Gasteiger partial charge in [0, 0.05) is 41.6 Å². The zero-order valence-corrected chi connectivity index (χ0v) is 20.3. The second-order valence-corrected chi connectivity index (χ2v) is 10.6. The number of aromatic nitrogens is 2. The molecule has 2 atom stereocenters. The Labute approximate surface area is 197 Å². The molecule has 0 amide bonds. The van der Waals surface area contributed by atoms with Crippen LogP contribution in [-0.4, -0.2) is 60.8 Å². The van der Waals surface area contributed by atoms with E-state index in [2.05, 4.69) is 67.2 Å². The van der Waals surface area contributed by atoms with Crippen molar-refractivity contribution in [1.82, 2.24) is 15.1 Å². The van der Waals surface area contributed by atoms with E-state index in [9.17, 15) is 8.42 Å². The molecule has 5 rings (SSSR count). The average Bonchev–Trinajstić information content (AvgIpc) is 3.12. The SMILES string of the molecule is CN1C[C@H]2CN(c3ccc(-c4ccc(Br)cc4)nn3)C[C@H]21.Cc1ccc(S(=O)(=O)O)cc1. The zero-order valence-electron chi connectivity index (χ0n) is 17.9. The summed E-state index contributed by atoms with van der Waals surface area (Å²) >= 11 is 3.45. The monoisotopic (exact) mass is 516 g/mol. The Bertz CT molecular complexity index is 1170. The van der Waals surface area contributed by atoms with Crippen molar-refractivity contribution in [1.29, 1.82) is 0 Å². The molecule has 1 N–H and O–H groups in total. The Hall–Kier alpha value is -2.33. The van der Waals surface area contributed by atoms with Crippen LogP contribution in [-0.2, 0) is 10.1 Å². The highest BCUT2D eigenvalue weighted by Gasteiger charge is 2.43. The number of likely N-dealkylation sites (N-methyl/N-ethyl adjacent to an activating group) is 1. The van der Waals surface area contributed by atoms with Crippen molar-refractivity contribution in [3.8, 4) is 11.3 Å². The topological polar surface area (TPSA) is 86.6 Å². The summed E-state index contributed by atoms with van der Waals surface area (Å²) in [6, 6.07) is 19.0. The number of benzene rings is 2. The van der Waals surface area contributed by atoms with Crippen LogP contribution in [0.2, 0.25) is 0 Å². The standard InChI is InChI=1S/C16H17BrN4.C7H8O3S/c1-20-8-12-9-21(10-15(12)20)16-7-6-14(18-19-16)11-2-4-13(17)5-3-11;1-6-2-4-7(5-3-6)11(8,9)10/h2-7,12,15H,8-10H2,1H3;2-5H,1H3,(H,8,9,10)/t12-,15+;/m0./s1. The lowest BCUT2D eigenvalue weighted by atomic mass is 9.93. The van der Waals surface area contributed by atoms with Crippen molar-refractivity contribution in [2.75, 3.05) is 31.6 Å². The van der Waals surface area contributed by atoms with E-state index in [-0.39, 0.29) is 4.90 Å². The van der Waals surface area contributed by atoms with Gasteiger partial charge < -0.3 is 9.80 Å². The molecule has 32 heavy (non-hydrogen) atoms. The first kappa shape index (κ1) is 22.8. The maximum Gasteiger partial charge on any atom is 0.294 e. The molecule has 0 unspecified atom stereocenters. The lowest BCUT2D eigenvalue weighted by Crippen LogP contribution is -2.52. The van der Waals surface area contributed by atoms with Crippen LogP contribution in [0.15, 0.2) is 70.0 Å². The van der Waals surface area contributed by atoms with Crippen LogP contribution < -0.4 is 4.90 Å². The molecule has 2 aromatic carbocycles. The Morgan fingerprint density at radius 2 is 1.62 bits per heavy atom. The number of rotatable bonds is 3. The quantitative estimate of drug-likeness (QED) is 0.528. The van der Waals surface area contributed by atoms with Crippen molar-refractivity contribution in [3.63, 3.8) is 0 Å². The predicted molar refractivity (Wildman–Crippen MR) is 128 cm³/mol. The lowest BCUT2D eigenvalue weighted by Gasteiger charge is -2.40. The minimum atomic E-state index is -4.02. The van der Waals surface area contributed by atoms with Crippen LogP contribution >= 0.6 is 15.9 Å². The number of nitrogens with zero attached hydrogens (tertiary/aromatic N) is 4. The first-order chi connectivity index (χ1) is 15.2. The minimum absolute atomic E-state index is 0.0666. The molecule has 2 saturated heterocycles. The summed E-state index contributed by atoms with van der Waals surface area (Å²) < 4.78 is 30.6. The number of fused-ring (bicyclic) bond motifs is 1. The predicted octanol–water partition coefficient (Wildman–Crippen LogP) is 3.90. The van der Waals surface area contributed by atoms with Crippen LogP contribution in [0.5, 0.6) is 0 Å². The fourth-order valence-electron chi connectivity index (χ4n) is 4.07. The molecule has 0 radical (unpaired) electrons. The van der Waals surface area contributed by atoms with Gasteiger partial charge in [0.05, 0.1) is 10.6 Å². The van der Waals surface area contributed by atoms with Crippen molar-refractivity contribution >= 4 is 31.9 Å². The van der Waals surface area contributed by atoms with E-state index in [1.165, 1.54) is 18.7 Å². The molecule has 2 aliphatic rings. The Morgan fingerprint density at radius 3 is 2.16 bits per heavy atom. The summed E-state index contributed by atoms with van der Waals surface area (Å²) in [5.41, 5.74) is 2.97. The van der Waals surface area contributed by atoms with Crippen LogP contribution in [0, 0.1) is 12.8 Å². The normalized spacial score (nSPS) is 20.2. The number of halogens is 1. The van der Waals surface area contributed by atoms with Gasteiger partial charge in [0.15, 0.2) is 5.82 Å². The number of hydrogen-bond acceptors (Lipinski definition) is 6. The maximum absolute atomic E-state index is 10.5. The summed E-state index contributed by atoms with van der Waals surface area (Å²) in [4.78, 5) is 4.72. The molecule has 0 bridgehead atoms. The second kappa shape index (κ2) is 9.27. The summed E-state index contributed by atoms with van der Waals surface area (Å²) in [5.74, 6) is 1.81. The van der Waals surface area contributed by atoms with Gasteiger partial charge in [-0.15, -0.1) is 10.2 Å². The Kier molecular flexibility index (Phi) is 6.62. The fourth-order valence-corrected chi connectivity index (χ4v) is 4.81. The smallest absolute Gasteiger partial charge is 0.294 e. The summed E-state index contributed by atoms with van der Waals surface area (Å²) in [5, 5.41) is 8.82. The molecule has 3 aromatic rings.